The van der Waals surface area contributed by atoms with Crippen molar-refractivity contribution in [2.24, 2.45) is 5.73 Å². The zero-order valence-electron chi connectivity index (χ0n) is 11.8. The number of aryl methyl sites for hydroxylation is 1. The number of anilines is 1. The third kappa shape index (κ3) is 2.55. The SMILES string of the molecule is CN1C(=O)CCc2cc(C(N)c3ccccc3Cl)ccc21. The van der Waals surface area contributed by atoms with Gasteiger partial charge in [0.05, 0.1) is 6.04 Å². The molecule has 0 saturated heterocycles. The molecule has 0 fully saturated rings. The van der Waals surface area contributed by atoms with Gasteiger partial charge in [0.25, 0.3) is 0 Å². The van der Waals surface area contributed by atoms with E-state index in [1.807, 2.05) is 43.4 Å². The highest BCUT2D eigenvalue weighted by Crippen LogP contribution is 2.32. The van der Waals surface area contributed by atoms with Gasteiger partial charge in [-0.3, -0.25) is 4.79 Å². The molecule has 3 nitrogen and oxygen atoms in total. The molecule has 4 heteroatoms. The molecule has 0 bridgehead atoms. The van der Waals surface area contributed by atoms with Crippen LogP contribution in [0, 0.1) is 0 Å². The number of halogens is 1. The van der Waals surface area contributed by atoms with Crippen LogP contribution in [0.3, 0.4) is 0 Å². The Morgan fingerprint density at radius 2 is 1.95 bits per heavy atom. The van der Waals surface area contributed by atoms with E-state index in [1.165, 1.54) is 0 Å². The summed E-state index contributed by atoms with van der Waals surface area (Å²) in [6.07, 6.45) is 1.32. The van der Waals surface area contributed by atoms with Gasteiger partial charge in [0.15, 0.2) is 0 Å². The Hall–Kier alpha value is -1.84. The monoisotopic (exact) mass is 300 g/mol. The first kappa shape index (κ1) is 14.1. The molecular weight excluding hydrogens is 284 g/mol. The maximum Gasteiger partial charge on any atom is 0.227 e. The predicted octanol–water partition coefficient (Wildman–Crippen LogP) is 3.30. The van der Waals surface area contributed by atoms with Crippen molar-refractivity contribution in [1.82, 2.24) is 0 Å². The third-order valence-electron chi connectivity index (χ3n) is 4.05. The van der Waals surface area contributed by atoms with Crippen molar-refractivity contribution >= 4 is 23.2 Å². The molecule has 108 valence electrons. The van der Waals surface area contributed by atoms with Crippen LogP contribution >= 0.6 is 11.6 Å². The molecule has 0 saturated carbocycles. The molecule has 2 aromatic carbocycles. The minimum atomic E-state index is -0.257. The maximum absolute atomic E-state index is 11.7. The molecule has 1 aliphatic rings. The van der Waals surface area contributed by atoms with Crippen LogP contribution in [0.5, 0.6) is 0 Å². The van der Waals surface area contributed by atoms with Gasteiger partial charge in [-0.15, -0.1) is 0 Å². The summed E-state index contributed by atoms with van der Waals surface area (Å²) in [4.78, 5) is 13.4. The zero-order valence-corrected chi connectivity index (χ0v) is 12.6. The number of carbonyl (C=O) groups excluding carboxylic acids is 1. The van der Waals surface area contributed by atoms with E-state index in [4.69, 9.17) is 17.3 Å². The first-order chi connectivity index (χ1) is 10.1. The number of carbonyl (C=O) groups is 1. The summed E-state index contributed by atoms with van der Waals surface area (Å²) in [5, 5.41) is 0.676. The second-order valence-electron chi connectivity index (χ2n) is 5.34. The molecule has 1 aliphatic heterocycles. The van der Waals surface area contributed by atoms with Crippen molar-refractivity contribution < 1.29 is 4.79 Å². The van der Waals surface area contributed by atoms with Gasteiger partial charge >= 0.3 is 0 Å². The van der Waals surface area contributed by atoms with Crippen molar-refractivity contribution in [2.75, 3.05) is 11.9 Å². The lowest BCUT2D eigenvalue weighted by molar-refractivity contribution is -0.118. The molecule has 2 N–H and O–H groups in total. The van der Waals surface area contributed by atoms with E-state index in [9.17, 15) is 4.79 Å². The molecule has 1 heterocycles. The quantitative estimate of drug-likeness (QED) is 0.925. The number of benzene rings is 2. The van der Waals surface area contributed by atoms with E-state index < -0.39 is 0 Å². The van der Waals surface area contributed by atoms with Crippen LogP contribution in [0.2, 0.25) is 5.02 Å². The zero-order chi connectivity index (χ0) is 15.0. The summed E-state index contributed by atoms with van der Waals surface area (Å²) in [6, 6.07) is 13.4. The Balaban J connectivity index is 1.98. The Bertz CT molecular complexity index is 699. The molecule has 1 unspecified atom stereocenters. The van der Waals surface area contributed by atoms with E-state index in [2.05, 4.69) is 6.07 Å². The molecule has 21 heavy (non-hydrogen) atoms. The third-order valence-corrected chi connectivity index (χ3v) is 4.39. The first-order valence-electron chi connectivity index (χ1n) is 6.97. The summed E-state index contributed by atoms with van der Waals surface area (Å²) in [5.41, 5.74) is 10.4. The molecule has 0 spiro atoms. The van der Waals surface area contributed by atoms with Crippen LogP contribution in [-0.2, 0) is 11.2 Å². The van der Waals surface area contributed by atoms with E-state index in [0.29, 0.717) is 11.4 Å². The molecule has 1 amide bonds. The van der Waals surface area contributed by atoms with Crippen molar-refractivity contribution in [2.45, 2.75) is 18.9 Å². The molecular formula is C17H17ClN2O. The Morgan fingerprint density at radius 3 is 2.71 bits per heavy atom. The van der Waals surface area contributed by atoms with Crippen LogP contribution < -0.4 is 10.6 Å². The highest BCUT2D eigenvalue weighted by Gasteiger charge is 2.22. The maximum atomic E-state index is 11.7. The second kappa shape index (κ2) is 5.51. The van der Waals surface area contributed by atoms with Crippen LogP contribution in [-0.4, -0.2) is 13.0 Å². The van der Waals surface area contributed by atoms with Crippen molar-refractivity contribution in [3.8, 4) is 0 Å². The van der Waals surface area contributed by atoms with Gasteiger partial charge in [0, 0.05) is 24.2 Å². The fourth-order valence-electron chi connectivity index (χ4n) is 2.78. The van der Waals surface area contributed by atoms with Crippen LogP contribution in [0.1, 0.15) is 29.2 Å². The highest BCUT2D eigenvalue weighted by atomic mass is 35.5. The average molecular weight is 301 g/mol. The first-order valence-corrected chi connectivity index (χ1v) is 7.35. The Morgan fingerprint density at radius 1 is 1.19 bits per heavy atom. The lowest BCUT2D eigenvalue weighted by Gasteiger charge is -2.27. The van der Waals surface area contributed by atoms with Gasteiger partial charge in [-0.05, 0) is 35.2 Å². The van der Waals surface area contributed by atoms with Crippen molar-refractivity contribution in [3.05, 3.63) is 64.2 Å². The van der Waals surface area contributed by atoms with E-state index in [-0.39, 0.29) is 11.9 Å². The van der Waals surface area contributed by atoms with E-state index in [0.717, 1.165) is 28.8 Å². The molecule has 2 aromatic rings. The number of amides is 1. The highest BCUT2D eigenvalue weighted by molar-refractivity contribution is 6.31. The lowest BCUT2D eigenvalue weighted by atomic mass is 9.93. The smallest absolute Gasteiger partial charge is 0.227 e. The standard InChI is InChI=1S/C17H17ClN2O/c1-20-15-8-6-12(10-11(15)7-9-16(20)21)17(19)13-4-2-3-5-14(13)18/h2-6,8,10,17H,7,9,19H2,1H3. The summed E-state index contributed by atoms with van der Waals surface area (Å²) in [7, 11) is 1.81. The van der Waals surface area contributed by atoms with Crippen LogP contribution in [0.4, 0.5) is 5.69 Å². The minimum Gasteiger partial charge on any atom is -0.320 e. The topological polar surface area (TPSA) is 46.3 Å². The number of fused-ring (bicyclic) bond motifs is 1. The minimum absolute atomic E-state index is 0.158. The summed E-state index contributed by atoms with van der Waals surface area (Å²) < 4.78 is 0. The molecule has 0 aromatic heterocycles. The van der Waals surface area contributed by atoms with Gasteiger partial charge in [-0.25, -0.2) is 0 Å². The molecule has 3 rings (SSSR count). The van der Waals surface area contributed by atoms with Gasteiger partial charge < -0.3 is 10.6 Å². The number of rotatable bonds is 2. The lowest BCUT2D eigenvalue weighted by Crippen LogP contribution is -2.31. The van der Waals surface area contributed by atoms with E-state index >= 15 is 0 Å². The average Bonchev–Trinajstić information content (AvgIpc) is 2.50. The number of nitrogens with zero attached hydrogens (tertiary/aromatic N) is 1. The Kier molecular flexibility index (Phi) is 3.70. The van der Waals surface area contributed by atoms with Gasteiger partial charge in [0.2, 0.25) is 5.91 Å². The van der Waals surface area contributed by atoms with Crippen LogP contribution in [0.15, 0.2) is 42.5 Å². The van der Waals surface area contributed by atoms with Crippen molar-refractivity contribution in [1.29, 1.82) is 0 Å². The van der Waals surface area contributed by atoms with Gasteiger partial charge in [-0.1, -0.05) is 41.9 Å². The summed E-state index contributed by atoms with van der Waals surface area (Å²) in [6.45, 7) is 0. The fourth-order valence-corrected chi connectivity index (χ4v) is 3.03. The normalized spacial score (nSPS) is 15.8. The summed E-state index contributed by atoms with van der Waals surface area (Å²) >= 11 is 6.22. The van der Waals surface area contributed by atoms with E-state index in [1.54, 1.807) is 4.90 Å². The largest absolute Gasteiger partial charge is 0.320 e. The number of hydrogen-bond donors (Lipinski definition) is 1. The van der Waals surface area contributed by atoms with Crippen molar-refractivity contribution in [3.63, 3.8) is 0 Å². The number of nitrogens with two attached hydrogens (primary N) is 1. The molecule has 0 radical (unpaired) electrons. The summed E-state index contributed by atoms with van der Waals surface area (Å²) in [5.74, 6) is 0.158. The fraction of sp³-hybridized carbons (Fsp3) is 0.235. The van der Waals surface area contributed by atoms with Gasteiger partial charge in [-0.2, -0.15) is 0 Å². The van der Waals surface area contributed by atoms with Gasteiger partial charge in [0.1, 0.15) is 0 Å². The second-order valence-corrected chi connectivity index (χ2v) is 5.75. The molecule has 0 aliphatic carbocycles. The number of hydrogen-bond acceptors (Lipinski definition) is 2. The van der Waals surface area contributed by atoms with Crippen LogP contribution in [0.25, 0.3) is 0 Å². The predicted molar refractivity (Wildman–Crippen MR) is 85.7 cm³/mol. The Labute approximate surface area is 129 Å². The molecule has 1 atom stereocenters.